The number of para-hydroxylation sites is 2. The summed E-state index contributed by atoms with van der Waals surface area (Å²) in [5.41, 5.74) is 2.38. The number of anilines is 1. The second-order valence-corrected chi connectivity index (χ2v) is 7.27. The van der Waals surface area contributed by atoms with Crippen LogP contribution in [0.1, 0.15) is 25.5 Å². The zero-order chi connectivity index (χ0) is 18.7. The lowest BCUT2D eigenvalue weighted by Crippen LogP contribution is -2.25. The van der Waals surface area contributed by atoms with Gasteiger partial charge in [0.1, 0.15) is 0 Å². The van der Waals surface area contributed by atoms with Crippen LogP contribution < -0.4 is 10.9 Å². The van der Waals surface area contributed by atoms with Gasteiger partial charge in [-0.1, -0.05) is 42.1 Å². The van der Waals surface area contributed by atoms with Crippen molar-refractivity contribution in [1.29, 1.82) is 0 Å². The molecule has 1 N–H and O–H groups in total. The number of carbonyl (C=O) groups is 1. The van der Waals surface area contributed by atoms with Gasteiger partial charge in [-0.25, -0.2) is 4.98 Å². The van der Waals surface area contributed by atoms with Crippen molar-refractivity contribution in [2.45, 2.75) is 32.0 Å². The van der Waals surface area contributed by atoms with E-state index < -0.39 is 0 Å². The van der Waals surface area contributed by atoms with E-state index in [4.69, 9.17) is 0 Å². The molecule has 0 saturated carbocycles. The smallest absolute Gasteiger partial charge is 0.262 e. The van der Waals surface area contributed by atoms with Crippen LogP contribution >= 0.6 is 11.8 Å². The summed E-state index contributed by atoms with van der Waals surface area (Å²) < 4.78 is 1.65. The molecule has 5 nitrogen and oxygen atoms in total. The van der Waals surface area contributed by atoms with E-state index in [0.29, 0.717) is 16.1 Å². The van der Waals surface area contributed by atoms with Crippen molar-refractivity contribution >= 4 is 34.3 Å². The molecule has 3 rings (SSSR count). The van der Waals surface area contributed by atoms with Gasteiger partial charge in [-0.3, -0.25) is 14.2 Å². The number of fused-ring (bicyclic) bond motifs is 1. The van der Waals surface area contributed by atoms with Crippen LogP contribution in [0, 0.1) is 6.92 Å². The van der Waals surface area contributed by atoms with Gasteiger partial charge in [0.05, 0.1) is 16.7 Å². The van der Waals surface area contributed by atoms with Crippen molar-refractivity contribution in [3.63, 3.8) is 0 Å². The SMILES string of the molecule is Cc1ccccc1NC(=O)CSc1nc2ccccc2c(=O)n1C(C)C. The molecule has 3 aromatic rings. The van der Waals surface area contributed by atoms with Crippen molar-refractivity contribution < 1.29 is 4.79 Å². The van der Waals surface area contributed by atoms with E-state index in [1.807, 2.05) is 63.2 Å². The van der Waals surface area contributed by atoms with Crippen molar-refractivity contribution in [3.8, 4) is 0 Å². The number of carbonyl (C=O) groups excluding carboxylic acids is 1. The predicted octanol–water partition coefficient (Wildman–Crippen LogP) is 4.02. The second kappa shape index (κ2) is 7.74. The van der Waals surface area contributed by atoms with E-state index in [-0.39, 0.29) is 23.3 Å². The van der Waals surface area contributed by atoms with Crippen LogP contribution in [0.2, 0.25) is 0 Å². The summed E-state index contributed by atoms with van der Waals surface area (Å²) in [6.45, 7) is 5.83. The zero-order valence-electron chi connectivity index (χ0n) is 15.0. The molecule has 0 fully saturated rings. The fourth-order valence-corrected chi connectivity index (χ4v) is 3.64. The minimum atomic E-state index is -0.123. The van der Waals surface area contributed by atoms with Crippen LogP contribution in [-0.2, 0) is 4.79 Å². The number of hydrogen-bond donors (Lipinski definition) is 1. The highest BCUT2D eigenvalue weighted by Crippen LogP contribution is 2.21. The number of thioether (sulfide) groups is 1. The van der Waals surface area contributed by atoms with E-state index in [1.54, 1.807) is 10.6 Å². The van der Waals surface area contributed by atoms with E-state index in [1.165, 1.54) is 11.8 Å². The first-order valence-corrected chi connectivity index (χ1v) is 9.45. The van der Waals surface area contributed by atoms with E-state index in [0.717, 1.165) is 11.3 Å². The summed E-state index contributed by atoms with van der Waals surface area (Å²) in [6.07, 6.45) is 0. The molecule has 134 valence electrons. The van der Waals surface area contributed by atoms with Gasteiger partial charge in [0.2, 0.25) is 5.91 Å². The van der Waals surface area contributed by atoms with E-state index in [9.17, 15) is 9.59 Å². The second-order valence-electron chi connectivity index (χ2n) is 6.33. The van der Waals surface area contributed by atoms with E-state index in [2.05, 4.69) is 10.3 Å². The van der Waals surface area contributed by atoms with Crippen molar-refractivity contribution in [2.24, 2.45) is 0 Å². The Labute approximate surface area is 156 Å². The summed E-state index contributed by atoms with van der Waals surface area (Å²) >= 11 is 1.28. The topological polar surface area (TPSA) is 64.0 Å². The predicted molar refractivity (Wildman–Crippen MR) is 107 cm³/mol. The molecule has 0 atom stereocenters. The van der Waals surface area contributed by atoms with Crippen LogP contribution in [0.5, 0.6) is 0 Å². The summed E-state index contributed by atoms with van der Waals surface area (Å²) in [4.78, 5) is 29.7. The molecule has 1 heterocycles. The average Bonchev–Trinajstić information content (AvgIpc) is 2.61. The number of amides is 1. The van der Waals surface area contributed by atoms with Crippen molar-refractivity contribution in [2.75, 3.05) is 11.1 Å². The summed E-state index contributed by atoms with van der Waals surface area (Å²) in [5.74, 6) is 0.0632. The Morgan fingerprint density at radius 1 is 1.15 bits per heavy atom. The molecule has 0 saturated heterocycles. The average molecular weight is 367 g/mol. The Bertz CT molecular complexity index is 1010. The van der Waals surface area contributed by atoms with E-state index >= 15 is 0 Å². The van der Waals surface area contributed by atoms with Gasteiger partial charge in [0, 0.05) is 11.7 Å². The highest BCUT2D eigenvalue weighted by atomic mass is 32.2. The van der Waals surface area contributed by atoms with Crippen LogP contribution in [0.25, 0.3) is 10.9 Å². The van der Waals surface area contributed by atoms with Gasteiger partial charge in [-0.15, -0.1) is 0 Å². The number of hydrogen-bond acceptors (Lipinski definition) is 4. The minimum absolute atomic E-state index is 0.0402. The molecule has 0 aliphatic carbocycles. The molecule has 26 heavy (non-hydrogen) atoms. The number of rotatable bonds is 5. The van der Waals surface area contributed by atoms with Crippen LogP contribution in [0.15, 0.2) is 58.5 Å². The first-order chi connectivity index (χ1) is 12.5. The molecule has 0 spiro atoms. The number of nitrogens with one attached hydrogen (secondary N) is 1. The number of aromatic nitrogens is 2. The summed E-state index contributed by atoms with van der Waals surface area (Å²) in [7, 11) is 0. The highest BCUT2D eigenvalue weighted by Gasteiger charge is 2.15. The Morgan fingerprint density at radius 3 is 2.58 bits per heavy atom. The van der Waals surface area contributed by atoms with Gasteiger partial charge in [0.25, 0.3) is 5.56 Å². The lowest BCUT2D eigenvalue weighted by atomic mass is 10.2. The highest BCUT2D eigenvalue weighted by molar-refractivity contribution is 7.99. The van der Waals surface area contributed by atoms with Crippen LogP contribution in [0.3, 0.4) is 0 Å². The molecule has 0 radical (unpaired) electrons. The molecule has 0 unspecified atom stereocenters. The minimum Gasteiger partial charge on any atom is -0.325 e. The molecule has 0 aliphatic heterocycles. The first-order valence-electron chi connectivity index (χ1n) is 8.47. The molecule has 1 aromatic heterocycles. The molecule has 0 aliphatic rings. The van der Waals surface area contributed by atoms with Crippen molar-refractivity contribution in [1.82, 2.24) is 9.55 Å². The van der Waals surface area contributed by atoms with Crippen LogP contribution in [-0.4, -0.2) is 21.2 Å². The van der Waals surface area contributed by atoms with Gasteiger partial charge >= 0.3 is 0 Å². The van der Waals surface area contributed by atoms with Gasteiger partial charge in [0.15, 0.2) is 5.16 Å². The molecule has 0 bridgehead atoms. The molecule has 1 amide bonds. The van der Waals surface area contributed by atoms with Gasteiger partial charge < -0.3 is 5.32 Å². The van der Waals surface area contributed by atoms with Crippen LogP contribution in [0.4, 0.5) is 5.69 Å². The third kappa shape index (κ3) is 3.80. The number of aryl methyl sites for hydroxylation is 1. The number of benzene rings is 2. The maximum Gasteiger partial charge on any atom is 0.262 e. The third-order valence-corrected chi connectivity index (χ3v) is 5.00. The Balaban J connectivity index is 1.84. The molecular weight excluding hydrogens is 346 g/mol. The molecular formula is C20H21N3O2S. The summed E-state index contributed by atoms with van der Waals surface area (Å²) in [6, 6.07) is 14.9. The standard InChI is InChI=1S/C20H21N3O2S/c1-13(2)23-19(25)15-9-5-7-11-17(15)22-20(23)26-12-18(24)21-16-10-6-4-8-14(16)3/h4-11,13H,12H2,1-3H3,(H,21,24). The van der Waals surface area contributed by atoms with Gasteiger partial charge in [-0.05, 0) is 44.5 Å². The third-order valence-electron chi connectivity index (χ3n) is 4.04. The fourth-order valence-electron chi connectivity index (χ4n) is 2.71. The largest absolute Gasteiger partial charge is 0.325 e. The Kier molecular flexibility index (Phi) is 5.42. The lowest BCUT2D eigenvalue weighted by molar-refractivity contribution is -0.113. The molecule has 6 heteroatoms. The van der Waals surface area contributed by atoms with Crippen molar-refractivity contribution in [3.05, 3.63) is 64.4 Å². The monoisotopic (exact) mass is 367 g/mol. The lowest BCUT2D eigenvalue weighted by Gasteiger charge is -2.16. The zero-order valence-corrected chi connectivity index (χ0v) is 15.8. The quantitative estimate of drug-likeness (QED) is 0.546. The maximum atomic E-state index is 12.8. The van der Waals surface area contributed by atoms with Gasteiger partial charge in [-0.2, -0.15) is 0 Å². The Hall–Kier alpha value is -2.60. The normalized spacial score (nSPS) is 11.1. The molecule has 2 aromatic carbocycles. The number of nitrogens with zero attached hydrogens (tertiary/aromatic N) is 2. The Morgan fingerprint density at radius 2 is 1.85 bits per heavy atom. The summed E-state index contributed by atoms with van der Waals surface area (Å²) in [5, 5.41) is 4.06. The maximum absolute atomic E-state index is 12.8. The fraction of sp³-hybridized carbons (Fsp3) is 0.250. The first kappa shape index (κ1) is 18.2.